The average Bonchev–Trinajstić information content (AvgIpc) is 2.55. The van der Waals surface area contributed by atoms with Crippen molar-refractivity contribution in [3.05, 3.63) is 48.5 Å². The lowest BCUT2D eigenvalue weighted by Crippen LogP contribution is -2.26. The molecule has 0 radical (unpaired) electrons. The van der Waals surface area contributed by atoms with Gasteiger partial charge >= 0.3 is 0 Å². The zero-order chi connectivity index (χ0) is 16.2. The highest BCUT2D eigenvalue weighted by Gasteiger charge is 2.23. The second-order valence-corrected chi connectivity index (χ2v) is 6.49. The summed E-state index contributed by atoms with van der Waals surface area (Å²) in [6, 6.07) is 14.6. The highest BCUT2D eigenvalue weighted by atomic mass is 32.2. The van der Waals surface area contributed by atoms with Crippen molar-refractivity contribution in [2.75, 3.05) is 17.2 Å². The average molecular weight is 328 g/mol. The molecule has 2 N–H and O–H groups in total. The Morgan fingerprint density at radius 3 is 2.83 bits per heavy atom. The summed E-state index contributed by atoms with van der Waals surface area (Å²) in [5, 5.41) is 5.49. The third-order valence-corrected chi connectivity index (χ3v) is 4.48. The number of para-hydroxylation sites is 1. The lowest BCUT2D eigenvalue weighted by atomic mass is 10.2. The summed E-state index contributed by atoms with van der Waals surface area (Å²) in [6.07, 6.45) is 0. The lowest BCUT2D eigenvalue weighted by Gasteiger charge is -2.21. The molecule has 0 saturated heterocycles. The van der Waals surface area contributed by atoms with Crippen LogP contribution in [0.4, 0.5) is 11.4 Å². The third kappa shape index (κ3) is 3.84. The smallest absolute Gasteiger partial charge is 0.262 e. The number of ether oxygens (including phenoxy) is 1. The van der Waals surface area contributed by atoms with Crippen molar-refractivity contribution in [3.63, 3.8) is 0 Å². The van der Waals surface area contributed by atoms with E-state index in [1.807, 2.05) is 37.3 Å². The van der Waals surface area contributed by atoms with Crippen LogP contribution >= 0.6 is 11.8 Å². The maximum Gasteiger partial charge on any atom is 0.262 e. The van der Waals surface area contributed by atoms with Gasteiger partial charge < -0.3 is 15.4 Å². The molecule has 2 amide bonds. The molecule has 2 aromatic rings. The number of carbonyl (C=O) groups excluding carboxylic acids is 2. The largest absolute Gasteiger partial charge is 0.484 e. The van der Waals surface area contributed by atoms with Gasteiger partial charge in [0.15, 0.2) is 6.61 Å². The minimum absolute atomic E-state index is 0.0293. The van der Waals surface area contributed by atoms with E-state index in [1.165, 1.54) is 11.8 Å². The van der Waals surface area contributed by atoms with Gasteiger partial charge in [0.25, 0.3) is 5.91 Å². The Kier molecular flexibility index (Phi) is 4.52. The van der Waals surface area contributed by atoms with Gasteiger partial charge in [-0.15, -0.1) is 11.8 Å². The van der Waals surface area contributed by atoms with Crippen molar-refractivity contribution >= 4 is 35.0 Å². The Labute approximate surface area is 138 Å². The normalized spacial score (nSPS) is 16.2. The molecule has 1 atom stereocenters. The molecule has 0 fully saturated rings. The predicted molar refractivity (Wildman–Crippen MR) is 91.0 cm³/mol. The molecular weight excluding hydrogens is 312 g/mol. The highest BCUT2D eigenvalue weighted by molar-refractivity contribution is 8.00. The maximum absolute atomic E-state index is 11.9. The zero-order valence-electron chi connectivity index (χ0n) is 12.5. The van der Waals surface area contributed by atoms with E-state index in [0.717, 1.165) is 10.6 Å². The molecule has 1 aliphatic rings. The molecule has 1 heterocycles. The van der Waals surface area contributed by atoms with Crippen LogP contribution in [0.3, 0.4) is 0 Å². The molecular formula is C17H16N2O3S. The number of nitrogens with one attached hydrogen (secondary N) is 2. The molecule has 0 spiro atoms. The number of fused-ring (bicyclic) bond motifs is 1. The van der Waals surface area contributed by atoms with Gasteiger partial charge in [-0.25, -0.2) is 0 Å². The number of thioether (sulfide) groups is 1. The van der Waals surface area contributed by atoms with Crippen LogP contribution in [0.5, 0.6) is 5.75 Å². The van der Waals surface area contributed by atoms with Crippen LogP contribution in [0.2, 0.25) is 0 Å². The number of hydrogen-bond acceptors (Lipinski definition) is 4. The van der Waals surface area contributed by atoms with Gasteiger partial charge in [-0.05, 0) is 37.3 Å². The molecule has 6 heteroatoms. The van der Waals surface area contributed by atoms with E-state index in [0.29, 0.717) is 11.4 Å². The van der Waals surface area contributed by atoms with Crippen molar-refractivity contribution in [1.29, 1.82) is 0 Å². The molecule has 0 aromatic heterocycles. The van der Waals surface area contributed by atoms with Crippen molar-refractivity contribution in [3.8, 4) is 5.75 Å². The van der Waals surface area contributed by atoms with E-state index in [2.05, 4.69) is 10.6 Å². The maximum atomic E-state index is 11.9. The molecule has 0 aliphatic carbocycles. The standard InChI is InChI=1S/C17H16N2O3S/c1-11-17(21)19-14-9-12(7-8-15(14)23-11)18-16(20)10-22-13-5-3-2-4-6-13/h2-9,11H,10H2,1H3,(H,18,20)(H,19,21). The zero-order valence-corrected chi connectivity index (χ0v) is 13.4. The van der Waals surface area contributed by atoms with Crippen molar-refractivity contribution in [1.82, 2.24) is 0 Å². The fraction of sp³-hybridized carbons (Fsp3) is 0.176. The monoisotopic (exact) mass is 328 g/mol. The Bertz CT molecular complexity index is 734. The molecule has 5 nitrogen and oxygen atoms in total. The molecule has 0 saturated carbocycles. The summed E-state index contributed by atoms with van der Waals surface area (Å²) in [5.41, 5.74) is 1.35. The van der Waals surface area contributed by atoms with Crippen LogP contribution in [0.25, 0.3) is 0 Å². The second-order valence-electron chi connectivity index (χ2n) is 5.11. The number of hydrogen-bond donors (Lipinski definition) is 2. The van der Waals surface area contributed by atoms with Crippen LogP contribution in [0.1, 0.15) is 6.92 Å². The van der Waals surface area contributed by atoms with E-state index in [9.17, 15) is 9.59 Å². The van der Waals surface area contributed by atoms with Crippen molar-refractivity contribution < 1.29 is 14.3 Å². The molecule has 118 valence electrons. The third-order valence-electron chi connectivity index (χ3n) is 3.31. The van der Waals surface area contributed by atoms with Gasteiger partial charge in [-0.1, -0.05) is 18.2 Å². The van der Waals surface area contributed by atoms with Crippen LogP contribution in [-0.4, -0.2) is 23.7 Å². The second kappa shape index (κ2) is 6.75. The quantitative estimate of drug-likeness (QED) is 0.905. The molecule has 1 aliphatic heterocycles. The van der Waals surface area contributed by atoms with Gasteiger partial charge in [-0.3, -0.25) is 9.59 Å². The highest BCUT2D eigenvalue weighted by Crippen LogP contribution is 2.36. The summed E-state index contributed by atoms with van der Waals surface area (Å²) in [7, 11) is 0. The number of anilines is 2. The summed E-state index contributed by atoms with van der Waals surface area (Å²) < 4.78 is 5.40. The van der Waals surface area contributed by atoms with Crippen LogP contribution < -0.4 is 15.4 Å². The Morgan fingerprint density at radius 1 is 1.26 bits per heavy atom. The first kappa shape index (κ1) is 15.4. The fourth-order valence-corrected chi connectivity index (χ4v) is 3.08. The first-order valence-corrected chi connectivity index (χ1v) is 8.09. The van der Waals surface area contributed by atoms with E-state index < -0.39 is 0 Å². The first-order valence-electron chi connectivity index (χ1n) is 7.21. The Balaban J connectivity index is 1.61. The SMILES string of the molecule is CC1Sc2ccc(NC(=O)COc3ccccc3)cc2NC1=O. The Morgan fingerprint density at radius 2 is 2.04 bits per heavy atom. The minimum atomic E-state index is -0.253. The van der Waals surface area contributed by atoms with Gasteiger partial charge in [0.2, 0.25) is 5.91 Å². The first-order chi connectivity index (χ1) is 11.1. The van der Waals surface area contributed by atoms with E-state index >= 15 is 0 Å². The number of carbonyl (C=O) groups is 2. The van der Waals surface area contributed by atoms with Crippen LogP contribution in [0.15, 0.2) is 53.4 Å². The summed E-state index contributed by atoms with van der Waals surface area (Å²) in [6.45, 7) is 1.79. The van der Waals surface area contributed by atoms with E-state index in [4.69, 9.17) is 4.74 Å². The van der Waals surface area contributed by atoms with Gasteiger partial charge in [-0.2, -0.15) is 0 Å². The molecule has 23 heavy (non-hydrogen) atoms. The van der Waals surface area contributed by atoms with Crippen LogP contribution in [-0.2, 0) is 9.59 Å². The number of amides is 2. The van der Waals surface area contributed by atoms with Crippen LogP contribution in [0, 0.1) is 0 Å². The molecule has 0 bridgehead atoms. The predicted octanol–water partition coefficient (Wildman–Crippen LogP) is 3.14. The summed E-state index contributed by atoms with van der Waals surface area (Å²) >= 11 is 1.51. The van der Waals surface area contributed by atoms with Gasteiger partial charge in [0.1, 0.15) is 5.75 Å². The van der Waals surface area contributed by atoms with E-state index in [1.54, 1.807) is 18.2 Å². The van der Waals surface area contributed by atoms with Crippen molar-refractivity contribution in [2.24, 2.45) is 0 Å². The van der Waals surface area contributed by atoms with E-state index in [-0.39, 0.29) is 23.7 Å². The number of benzene rings is 2. The topological polar surface area (TPSA) is 67.4 Å². The fourth-order valence-electron chi connectivity index (χ4n) is 2.15. The summed E-state index contributed by atoms with van der Waals surface area (Å²) in [5.74, 6) is 0.362. The summed E-state index contributed by atoms with van der Waals surface area (Å²) in [4.78, 5) is 24.6. The molecule has 3 rings (SSSR count). The Hall–Kier alpha value is -2.47. The minimum Gasteiger partial charge on any atom is -0.484 e. The van der Waals surface area contributed by atoms with Gasteiger partial charge in [0.05, 0.1) is 10.9 Å². The lowest BCUT2D eigenvalue weighted by molar-refractivity contribution is -0.118. The number of rotatable bonds is 4. The molecule has 2 aromatic carbocycles. The van der Waals surface area contributed by atoms with Gasteiger partial charge in [0, 0.05) is 10.6 Å². The molecule has 1 unspecified atom stereocenters. The van der Waals surface area contributed by atoms with Crippen molar-refractivity contribution in [2.45, 2.75) is 17.1 Å².